The van der Waals surface area contributed by atoms with Crippen molar-refractivity contribution >= 4 is 49.9 Å². The number of fused-ring (bicyclic) bond motifs is 1. The summed E-state index contributed by atoms with van der Waals surface area (Å²) in [7, 11) is 1.64. The Morgan fingerprint density at radius 1 is 1.14 bits per heavy atom. The molecule has 3 aromatic rings. The fraction of sp³-hybridized carbons (Fsp3) is 0.250. The highest BCUT2D eigenvalue weighted by Crippen LogP contribution is 2.36. The Labute approximate surface area is 166 Å². The molecule has 1 fully saturated rings. The predicted molar refractivity (Wildman–Crippen MR) is 111 cm³/mol. The molecule has 0 bridgehead atoms. The number of amides is 2. The number of rotatable bonds is 5. The predicted octanol–water partition coefficient (Wildman–Crippen LogP) is 3.34. The van der Waals surface area contributed by atoms with E-state index in [-0.39, 0.29) is 17.7 Å². The number of carbonyl (C=O) groups excluding carboxylic acids is 2. The molecule has 0 aliphatic carbocycles. The molecule has 2 heterocycles. The van der Waals surface area contributed by atoms with Crippen molar-refractivity contribution in [3.05, 3.63) is 42.5 Å². The molecule has 1 aliphatic heterocycles. The number of nitrogens with zero attached hydrogens (tertiary/aromatic N) is 2. The fourth-order valence-electron chi connectivity index (χ4n) is 3.13. The van der Waals surface area contributed by atoms with E-state index in [2.05, 4.69) is 20.5 Å². The normalized spacial score (nSPS) is 13.9. The van der Waals surface area contributed by atoms with Gasteiger partial charge in [-0.05, 0) is 30.3 Å². The SMILES string of the molecule is COc1cccc2sc(N3CC(C(=O)Nc4cccc(NC(C)=O)c4)C3)nc12. The van der Waals surface area contributed by atoms with Crippen LogP contribution in [0.4, 0.5) is 16.5 Å². The van der Waals surface area contributed by atoms with Gasteiger partial charge in [0.05, 0.1) is 17.7 Å². The number of carbonyl (C=O) groups is 2. The molecule has 0 unspecified atom stereocenters. The first-order valence-corrected chi connectivity index (χ1v) is 9.72. The van der Waals surface area contributed by atoms with Crippen LogP contribution in [-0.2, 0) is 9.59 Å². The zero-order valence-corrected chi connectivity index (χ0v) is 16.4. The van der Waals surface area contributed by atoms with E-state index in [1.807, 2.05) is 18.2 Å². The number of ether oxygens (including phenoxy) is 1. The number of aromatic nitrogens is 1. The zero-order chi connectivity index (χ0) is 19.7. The van der Waals surface area contributed by atoms with Crippen molar-refractivity contribution in [2.75, 3.05) is 35.7 Å². The van der Waals surface area contributed by atoms with E-state index in [1.54, 1.807) is 42.7 Å². The summed E-state index contributed by atoms with van der Waals surface area (Å²) in [6.07, 6.45) is 0. The molecule has 7 nitrogen and oxygen atoms in total. The topological polar surface area (TPSA) is 83.6 Å². The zero-order valence-electron chi connectivity index (χ0n) is 15.6. The lowest BCUT2D eigenvalue weighted by molar-refractivity contribution is -0.120. The number of thiazole rings is 1. The minimum absolute atomic E-state index is 0.0325. The number of nitrogens with one attached hydrogen (secondary N) is 2. The van der Waals surface area contributed by atoms with Gasteiger partial charge in [0.2, 0.25) is 11.8 Å². The molecule has 4 rings (SSSR count). The van der Waals surface area contributed by atoms with Crippen molar-refractivity contribution in [2.45, 2.75) is 6.92 Å². The molecule has 0 saturated carbocycles. The first-order chi connectivity index (χ1) is 13.5. The fourth-order valence-corrected chi connectivity index (χ4v) is 4.14. The molecular weight excluding hydrogens is 376 g/mol. The van der Waals surface area contributed by atoms with Crippen LogP contribution in [0.1, 0.15) is 6.92 Å². The second-order valence-corrected chi connectivity index (χ2v) is 7.67. The maximum absolute atomic E-state index is 12.5. The molecule has 2 N–H and O–H groups in total. The minimum atomic E-state index is -0.148. The Balaban J connectivity index is 1.39. The lowest BCUT2D eigenvalue weighted by Crippen LogP contribution is -2.52. The second-order valence-electron chi connectivity index (χ2n) is 6.66. The van der Waals surface area contributed by atoms with E-state index in [0.29, 0.717) is 24.5 Å². The van der Waals surface area contributed by atoms with Crippen LogP contribution in [0, 0.1) is 5.92 Å². The Hall–Kier alpha value is -3.13. The van der Waals surface area contributed by atoms with Crippen LogP contribution in [0.5, 0.6) is 5.75 Å². The van der Waals surface area contributed by atoms with Gasteiger partial charge < -0.3 is 20.3 Å². The highest BCUT2D eigenvalue weighted by Gasteiger charge is 2.34. The highest BCUT2D eigenvalue weighted by molar-refractivity contribution is 7.22. The van der Waals surface area contributed by atoms with Crippen LogP contribution in [0.25, 0.3) is 10.2 Å². The van der Waals surface area contributed by atoms with E-state index < -0.39 is 0 Å². The van der Waals surface area contributed by atoms with E-state index in [9.17, 15) is 9.59 Å². The van der Waals surface area contributed by atoms with Gasteiger partial charge in [0.15, 0.2) is 5.13 Å². The third-order valence-electron chi connectivity index (χ3n) is 4.56. The summed E-state index contributed by atoms with van der Waals surface area (Å²) in [6, 6.07) is 13.0. The quantitative estimate of drug-likeness (QED) is 0.691. The van der Waals surface area contributed by atoms with Gasteiger partial charge in [0, 0.05) is 31.4 Å². The summed E-state index contributed by atoms with van der Waals surface area (Å²) in [4.78, 5) is 30.5. The highest BCUT2D eigenvalue weighted by atomic mass is 32.1. The van der Waals surface area contributed by atoms with Gasteiger partial charge in [0.1, 0.15) is 11.3 Å². The van der Waals surface area contributed by atoms with Crippen LogP contribution in [-0.4, -0.2) is 37.0 Å². The number of benzene rings is 2. The number of methoxy groups -OCH3 is 1. The van der Waals surface area contributed by atoms with E-state index in [1.165, 1.54) is 6.92 Å². The Kier molecular flexibility index (Phi) is 4.87. The Morgan fingerprint density at radius 2 is 1.86 bits per heavy atom. The molecule has 8 heteroatoms. The van der Waals surface area contributed by atoms with Crippen molar-refractivity contribution in [3.63, 3.8) is 0 Å². The maximum atomic E-state index is 12.5. The standard InChI is InChI=1S/C20H20N4O3S/c1-12(25)21-14-5-3-6-15(9-14)22-19(26)13-10-24(11-13)20-23-18-16(27-2)7-4-8-17(18)28-20/h3-9,13H,10-11H2,1-2H3,(H,21,25)(H,22,26). The van der Waals surface area contributed by atoms with Gasteiger partial charge in [0.25, 0.3) is 0 Å². The van der Waals surface area contributed by atoms with Crippen molar-refractivity contribution in [3.8, 4) is 5.75 Å². The van der Waals surface area contributed by atoms with Crippen LogP contribution >= 0.6 is 11.3 Å². The summed E-state index contributed by atoms with van der Waals surface area (Å²) < 4.78 is 6.43. The van der Waals surface area contributed by atoms with Crippen molar-refractivity contribution in [2.24, 2.45) is 5.92 Å². The Bertz CT molecular complexity index is 1040. The third-order valence-corrected chi connectivity index (χ3v) is 5.65. The van der Waals surface area contributed by atoms with Crippen LogP contribution < -0.4 is 20.3 Å². The van der Waals surface area contributed by atoms with Gasteiger partial charge >= 0.3 is 0 Å². The van der Waals surface area contributed by atoms with Crippen molar-refractivity contribution < 1.29 is 14.3 Å². The molecule has 28 heavy (non-hydrogen) atoms. The van der Waals surface area contributed by atoms with Crippen molar-refractivity contribution in [1.82, 2.24) is 4.98 Å². The van der Waals surface area contributed by atoms with Gasteiger partial charge in [-0.2, -0.15) is 0 Å². The van der Waals surface area contributed by atoms with Gasteiger partial charge in [-0.15, -0.1) is 0 Å². The van der Waals surface area contributed by atoms with Gasteiger partial charge in [-0.25, -0.2) is 4.98 Å². The van der Waals surface area contributed by atoms with E-state index >= 15 is 0 Å². The molecule has 2 aromatic carbocycles. The number of hydrogen-bond acceptors (Lipinski definition) is 6. The number of para-hydroxylation sites is 1. The number of hydrogen-bond donors (Lipinski definition) is 2. The Morgan fingerprint density at radius 3 is 2.57 bits per heavy atom. The summed E-state index contributed by atoms with van der Waals surface area (Å²) in [5.74, 6) is 0.479. The summed E-state index contributed by atoms with van der Waals surface area (Å²) >= 11 is 1.60. The van der Waals surface area contributed by atoms with E-state index in [0.717, 1.165) is 21.1 Å². The average molecular weight is 396 g/mol. The van der Waals surface area contributed by atoms with Crippen LogP contribution in [0.15, 0.2) is 42.5 Å². The smallest absolute Gasteiger partial charge is 0.231 e. The third kappa shape index (κ3) is 3.63. The molecule has 2 amide bonds. The second kappa shape index (κ2) is 7.47. The summed E-state index contributed by atoms with van der Waals surface area (Å²) in [5.41, 5.74) is 2.18. The van der Waals surface area contributed by atoms with Gasteiger partial charge in [-0.1, -0.05) is 23.5 Å². The largest absolute Gasteiger partial charge is 0.494 e. The first-order valence-electron chi connectivity index (χ1n) is 8.90. The van der Waals surface area contributed by atoms with E-state index in [4.69, 9.17) is 4.74 Å². The number of anilines is 3. The molecular formula is C20H20N4O3S. The van der Waals surface area contributed by atoms with Crippen LogP contribution in [0.3, 0.4) is 0 Å². The molecule has 0 radical (unpaired) electrons. The molecule has 1 aliphatic rings. The summed E-state index contributed by atoms with van der Waals surface area (Å²) in [6.45, 7) is 2.70. The van der Waals surface area contributed by atoms with Gasteiger partial charge in [-0.3, -0.25) is 9.59 Å². The van der Waals surface area contributed by atoms with Crippen LogP contribution in [0.2, 0.25) is 0 Å². The lowest BCUT2D eigenvalue weighted by atomic mass is 10.00. The molecule has 1 saturated heterocycles. The molecule has 0 atom stereocenters. The first kappa shape index (κ1) is 18.2. The monoisotopic (exact) mass is 396 g/mol. The maximum Gasteiger partial charge on any atom is 0.231 e. The minimum Gasteiger partial charge on any atom is -0.494 e. The molecule has 144 valence electrons. The molecule has 1 aromatic heterocycles. The molecule has 0 spiro atoms. The summed E-state index contributed by atoms with van der Waals surface area (Å²) in [5, 5.41) is 6.53. The average Bonchev–Trinajstić information content (AvgIpc) is 3.03. The van der Waals surface area contributed by atoms with Crippen molar-refractivity contribution in [1.29, 1.82) is 0 Å². The lowest BCUT2D eigenvalue weighted by Gasteiger charge is -2.37.